The highest BCUT2D eigenvalue weighted by Crippen LogP contribution is 2.64. The summed E-state index contributed by atoms with van der Waals surface area (Å²) in [6.45, 7) is -0.0580. The van der Waals surface area contributed by atoms with Gasteiger partial charge in [0.25, 0.3) is 0 Å². The van der Waals surface area contributed by atoms with Gasteiger partial charge in [-0.05, 0) is 50.8 Å². The summed E-state index contributed by atoms with van der Waals surface area (Å²) >= 11 is 0. The van der Waals surface area contributed by atoms with E-state index < -0.39 is 121 Å². The zero-order valence-electron chi connectivity index (χ0n) is 32.5. The minimum atomic E-state index is -8.78. The van der Waals surface area contributed by atoms with Gasteiger partial charge in [0.15, 0.2) is 5.54 Å². The molecule has 1 N–H and O–H groups in total. The van der Waals surface area contributed by atoms with Crippen LogP contribution in [0.3, 0.4) is 0 Å². The molecule has 9 nitrogen and oxygen atoms in total. The minimum absolute atomic E-state index is 0.160. The van der Waals surface area contributed by atoms with Crippen LogP contribution in [0.1, 0.15) is 70.4 Å². The van der Waals surface area contributed by atoms with Crippen LogP contribution in [0.15, 0.2) is 24.3 Å². The van der Waals surface area contributed by atoms with E-state index in [-0.39, 0.29) is 23.9 Å². The lowest BCUT2D eigenvalue weighted by atomic mass is 9.80. The van der Waals surface area contributed by atoms with E-state index in [4.69, 9.17) is 9.47 Å². The maximum Gasteiger partial charge on any atom is 0.460 e. The van der Waals surface area contributed by atoms with Gasteiger partial charge in [-0.3, -0.25) is 19.3 Å². The molecule has 2 saturated heterocycles. The molecule has 1 aromatic rings. The molecule has 3 fully saturated rings. The molecular formula is C36H38F17N3O6. The largest absolute Gasteiger partial charge is 0.497 e. The average molecular weight is 932 g/mol. The fraction of sp³-hybridized carbons (Fsp3) is 0.722. The number of rotatable bonds is 17. The molecule has 1 aromatic carbocycles. The van der Waals surface area contributed by atoms with Crippen LogP contribution in [0, 0.1) is 11.8 Å². The summed E-state index contributed by atoms with van der Waals surface area (Å²) in [7, 11) is 1.31. The zero-order chi connectivity index (χ0) is 47.4. The number of likely N-dealkylation sites (tertiary alicyclic amines) is 2. The molecule has 0 aromatic heterocycles. The molecule has 26 heteroatoms. The first-order chi connectivity index (χ1) is 28.2. The fourth-order valence-corrected chi connectivity index (χ4v) is 7.95. The van der Waals surface area contributed by atoms with E-state index in [1.54, 1.807) is 0 Å². The highest BCUT2D eigenvalue weighted by molar-refractivity contribution is 6.10. The van der Waals surface area contributed by atoms with Crippen molar-refractivity contribution in [3.05, 3.63) is 29.8 Å². The van der Waals surface area contributed by atoms with Crippen LogP contribution in [-0.2, 0) is 23.9 Å². The first-order valence-electron chi connectivity index (χ1n) is 18.6. The number of benzene rings is 1. The number of halogens is 17. The number of imide groups is 1. The van der Waals surface area contributed by atoms with Crippen LogP contribution in [0.5, 0.6) is 5.75 Å². The Labute approximate surface area is 340 Å². The van der Waals surface area contributed by atoms with Crippen LogP contribution >= 0.6 is 0 Å². The molecule has 3 amide bonds. The number of carbonyl (C=O) groups is 4. The summed E-state index contributed by atoms with van der Waals surface area (Å²) in [6.07, 6.45) is -8.79. The monoisotopic (exact) mass is 931 g/mol. The van der Waals surface area contributed by atoms with Gasteiger partial charge in [0.1, 0.15) is 5.75 Å². The van der Waals surface area contributed by atoms with Gasteiger partial charge in [0, 0.05) is 19.0 Å². The molecule has 4 rings (SSSR count). The van der Waals surface area contributed by atoms with Gasteiger partial charge in [-0.1, -0.05) is 31.4 Å². The van der Waals surface area contributed by atoms with Crippen LogP contribution in [-0.4, -0.2) is 120 Å². The topological polar surface area (TPSA) is 105 Å². The second-order valence-corrected chi connectivity index (χ2v) is 15.2. The van der Waals surface area contributed by atoms with Crippen molar-refractivity contribution in [2.45, 2.75) is 124 Å². The molecule has 1 unspecified atom stereocenters. The number of hydrogen-bond donors (Lipinski definition) is 1. The van der Waals surface area contributed by atoms with Crippen molar-refractivity contribution in [2.75, 3.05) is 26.8 Å². The highest BCUT2D eigenvalue weighted by atomic mass is 19.4. The summed E-state index contributed by atoms with van der Waals surface area (Å²) in [5.41, 5.74) is -2.40. The van der Waals surface area contributed by atoms with Crippen molar-refractivity contribution in [1.29, 1.82) is 0 Å². The van der Waals surface area contributed by atoms with Crippen molar-refractivity contribution in [2.24, 2.45) is 11.8 Å². The van der Waals surface area contributed by atoms with E-state index in [1.165, 1.54) is 38.3 Å². The average Bonchev–Trinajstić information content (AvgIpc) is 3.62. The zero-order valence-corrected chi connectivity index (χ0v) is 32.5. The first-order valence-corrected chi connectivity index (χ1v) is 18.6. The maximum absolute atomic E-state index is 14.7. The molecule has 4 atom stereocenters. The summed E-state index contributed by atoms with van der Waals surface area (Å²) in [5.74, 6) is -65.1. The van der Waals surface area contributed by atoms with Crippen LogP contribution < -0.4 is 10.1 Å². The molecule has 0 radical (unpaired) electrons. The lowest BCUT2D eigenvalue weighted by molar-refractivity contribution is -0.461. The van der Waals surface area contributed by atoms with E-state index >= 15 is 0 Å². The van der Waals surface area contributed by atoms with Crippen molar-refractivity contribution >= 4 is 23.7 Å². The molecule has 1 aliphatic carbocycles. The van der Waals surface area contributed by atoms with Crippen LogP contribution in [0.25, 0.3) is 0 Å². The number of hydrogen-bond acceptors (Lipinski definition) is 7. The number of carbonyl (C=O) groups excluding carboxylic acids is 4. The quantitative estimate of drug-likeness (QED) is 0.0727. The molecular weight excluding hydrogens is 893 g/mol. The fourth-order valence-electron chi connectivity index (χ4n) is 7.95. The van der Waals surface area contributed by atoms with Gasteiger partial charge >= 0.3 is 53.6 Å². The molecule has 1 saturated carbocycles. The second-order valence-electron chi connectivity index (χ2n) is 15.2. The standard InChI is InChI=1S/C36H38F17N3O6/c1-4-55-25(58)22-23(26(55)59)28(2,56(21(57)17-54-19-9-6-5-7-10-19)24(22)18-11-13-20(61-3)14-12-18)27(60)62-16-8-15-29(37,38)30(39,40)31(41,42)32(43,44)33(45,46)34(47,48)35(49,50)36(51,52)53/h11-14,19,22-24,54H,4-10,15-17H2,1-3H3/t22-,23-,24?,28-/m1/s1. The number of fused-ring (bicyclic) bond motifs is 1. The Morgan fingerprint density at radius 2 is 1.24 bits per heavy atom. The molecule has 3 aliphatic rings. The van der Waals surface area contributed by atoms with Gasteiger partial charge < -0.3 is 19.7 Å². The molecule has 2 heterocycles. The Balaban J connectivity index is 1.64. The van der Waals surface area contributed by atoms with Crippen molar-refractivity contribution < 1.29 is 103 Å². The van der Waals surface area contributed by atoms with E-state index in [1.807, 2.05) is 0 Å². The Kier molecular flexibility index (Phi) is 13.7. The molecule has 2 aliphatic heterocycles. The summed E-state index contributed by atoms with van der Waals surface area (Å²) in [6, 6.07) is 3.95. The Bertz CT molecular complexity index is 1840. The summed E-state index contributed by atoms with van der Waals surface area (Å²) in [5, 5.41) is 3.02. The highest BCUT2D eigenvalue weighted by Gasteiger charge is 2.95. The molecule has 62 heavy (non-hydrogen) atoms. The number of esters is 1. The van der Waals surface area contributed by atoms with E-state index in [9.17, 15) is 93.8 Å². The van der Waals surface area contributed by atoms with Gasteiger partial charge in [-0.2, -0.15) is 74.6 Å². The number of nitrogens with zero attached hydrogens (tertiary/aromatic N) is 2. The molecule has 352 valence electrons. The minimum Gasteiger partial charge on any atom is -0.497 e. The number of alkyl halides is 17. The third kappa shape index (κ3) is 7.69. The van der Waals surface area contributed by atoms with Gasteiger partial charge in [0.2, 0.25) is 17.7 Å². The van der Waals surface area contributed by atoms with Crippen LogP contribution in [0.2, 0.25) is 0 Å². The Hall–Kier alpha value is -4.13. The lowest BCUT2D eigenvalue weighted by Crippen LogP contribution is -2.74. The molecule has 0 bridgehead atoms. The SMILES string of the molecule is CCN1C(=O)[C@H]2C(c3ccc(OC)cc3)N(C(=O)CNC3CCCCC3)[C@@](C)(C(=O)OCCCC(F)(F)C(F)(F)C(F)(F)C(F)(F)C(F)(F)C(F)(F)C(F)(F)C(F)(F)F)[C@H]2C1=O. The van der Waals surface area contributed by atoms with Gasteiger partial charge in [-0.15, -0.1) is 0 Å². The number of nitrogens with one attached hydrogen (secondary N) is 1. The Morgan fingerprint density at radius 3 is 1.73 bits per heavy atom. The third-order valence-corrected chi connectivity index (χ3v) is 11.4. The summed E-state index contributed by atoms with van der Waals surface area (Å²) < 4.78 is 244. The van der Waals surface area contributed by atoms with Gasteiger partial charge in [-0.25, -0.2) is 4.79 Å². The van der Waals surface area contributed by atoms with Crippen molar-refractivity contribution in [3.8, 4) is 5.75 Å². The van der Waals surface area contributed by atoms with Crippen LogP contribution in [0.4, 0.5) is 74.6 Å². The Morgan fingerprint density at radius 1 is 0.742 bits per heavy atom. The lowest BCUT2D eigenvalue weighted by Gasteiger charge is -2.42. The normalized spacial score (nSPS) is 23.8. The van der Waals surface area contributed by atoms with E-state index in [0.29, 0.717) is 12.8 Å². The van der Waals surface area contributed by atoms with E-state index in [2.05, 4.69) is 5.32 Å². The third-order valence-electron chi connectivity index (χ3n) is 11.4. The number of methoxy groups -OCH3 is 1. The van der Waals surface area contributed by atoms with Crippen molar-refractivity contribution in [1.82, 2.24) is 15.1 Å². The second kappa shape index (κ2) is 16.8. The van der Waals surface area contributed by atoms with Crippen molar-refractivity contribution in [3.63, 3.8) is 0 Å². The molecule has 0 spiro atoms. The predicted molar refractivity (Wildman–Crippen MR) is 176 cm³/mol. The number of amides is 3. The summed E-state index contributed by atoms with van der Waals surface area (Å²) in [4.78, 5) is 57.3. The number of ether oxygens (including phenoxy) is 2. The predicted octanol–water partition coefficient (Wildman–Crippen LogP) is 8.21. The maximum atomic E-state index is 14.7. The van der Waals surface area contributed by atoms with Gasteiger partial charge in [0.05, 0.1) is 38.1 Å². The smallest absolute Gasteiger partial charge is 0.460 e. The van der Waals surface area contributed by atoms with E-state index in [0.717, 1.165) is 36.0 Å². The first kappa shape index (κ1) is 50.5.